The molecule has 0 aliphatic heterocycles. The molecule has 1 aliphatic carbocycles. The lowest BCUT2D eigenvalue weighted by molar-refractivity contribution is -0.143. The summed E-state index contributed by atoms with van der Waals surface area (Å²) in [5.41, 5.74) is -0.287. The number of hydrogen-bond donors (Lipinski definition) is 2. The molecule has 1 saturated carbocycles. The van der Waals surface area contributed by atoms with Crippen LogP contribution in [0, 0.1) is 5.82 Å². The van der Waals surface area contributed by atoms with Gasteiger partial charge in [0.2, 0.25) is 17.7 Å². The molecule has 2 N–H and O–H groups in total. The first-order chi connectivity index (χ1) is 15.0. The molecule has 0 unspecified atom stereocenters. The van der Waals surface area contributed by atoms with Gasteiger partial charge in [-0.2, -0.15) is 0 Å². The van der Waals surface area contributed by atoms with Crippen molar-refractivity contribution in [1.29, 1.82) is 0 Å². The van der Waals surface area contributed by atoms with Gasteiger partial charge in [-0.3, -0.25) is 18.6 Å². The van der Waals surface area contributed by atoms with Crippen molar-refractivity contribution in [1.82, 2.24) is 10.2 Å². The number of hydrogen-bond acceptors (Lipinski definition) is 4. The van der Waals surface area contributed by atoms with Crippen molar-refractivity contribution in [2.75, 3.05) is 16.8 Å². The largest absolute Gasteiger partial charge is 0.352 e. The first-order valence-corrected chi connectivity index (χ1v) is 12.5. The Morgan fingerprint density at radius 1 is 1.09 bits per heavy atom. The highest BCUT2D eigenvalue weighted by Crippen LogP contribution is 2.21. The normalized spacial score (nSPS) is 16.7. The highest BCUT2D eigenvalue weighted by molar-refractivity contribution is 7.86. The molecule has 32 heavy (non-hydrogen) atoms. The highest BCUT2D eigenvalue weighted by Gasteiger charge is 2.36. The van der Waals surface area contributed by atoms with E-state index in [1.165, 1.54) is 35.6 Å². The average molecular weight is 468 g/mol. The fourth-order valence-corrected chi connectivity index (χ4v) is 4.87. The zero-order valence-electron chi connectivity index (χ0n) is 19.3. The van der Waals surface area contributed by atoms with Gasteiger partial charge in [0.1, 0.15) is 23.4 Å². The van der Waals surface area contributed by atoms with Gasteiger partial charge in [-0.15, -0.1) is 0 Å². The Hall–Kier alpha value is -2.29. The van der Waals surface area contributed by atoms with E-state index < -0.39 is 40.0 Å². The van der Waals surface area contributed by atoms with Crippen LogP contribution >= 0.6 is 0 Å². The van der Waals surface area contributed by atoms with Crippen molar-refractivity contribution in [3.63, 3.8) is 0 Å². The van der Waals surface area contributed by atoms with Gasteiger partial charge >= 0.3 is 0 Å². The summed E-state index contributed by atoms with van der Waals surface area (Å²) in [4.78, 5) is 39.4. The van der Waals surface area contributed by atoms with Gasteiger partial charge in [0.15, 0.2) is 0 Å². The molecule has 0 radical (unpaired) electrons. The molecule has 0 spiro atoms. The number of halogens is 1. The summed E-state index contributed by atoms with van der Waals surface area (Å²) in [5, 5.41) is 5.57. The van der Waals surface area contributed by atoms with E-state index in [0.29, 0.717) is 5.69 Å². The lowest BCUT2D eigenvalue weighted by Crippen LogP contribution is -2.58. The Morgan fingerprint density at radius 3 is 2.25 bits per heavy atom. The van der Waals surface area contributed by atoms with E-state index in [2.05, 4.69) is 10.6 Å². The lowest BCUT2D eigenvalue weighted by atomic mass is 9.95. The number of carbonyl (C=O) groups excluding carboxylic acids is 3. The Bertz CT molecular complexity index is 833. The van der Waals surface area contributed by atoms with E-state index in [4.69, 9.17) is 0 Å². The zero-order valence-corrected chi connectivity index (χ0v) is 20.1. The van der Waals surface area contributed by atoms with Gasteiger partial charge in [0.25, 0.3) is 0 Å². The quantitative estimate of drug-likeness (QED) is 0.614. The fourth-order valence-electron chi connectivity index (χ4n) is 3.99. The summed E-state index contributed by atoms with van der Waals surface area (Å²) in [6.45, 7) is 7.13. The molecule has 2 atom stereocenters. The number of amides is 3. The maximum absolute atomic E-state index is 13.0. The number of rotatable bonds is 8. The number of benzene rings is 1. The molecule has 0 aromatic heterocycles. The number of nitrogens with one attached hydrogen (secondary N) is 2. The van der Waals surface area contributed by atoms with Crippen LogP contribution in [0.15, 0.2) is 24.3 Å². The average Bonchev–Trinajstić information content (AvgIpc) is 2.69. The molecule has 3 amide bonds. The van der Waals surface area contributed by atoms with E-state index in [1.807, 2.05) is 20.8 Å². The van der Waals surface area contributed by atoms with E-state index in [9.17, 15) is 23.0 Å². The third-order valence-corrected chi connectivity index (χ3v) is 6.57. The molecule has 178 valence electrons. The van der Waals surface area contributed by atoms with E-state index in [1.54, 1.807) is 6.92 Å². The highest BCUT2D eigenvalue weighted by atomic mass is 32.2. The van der Waals surface area contributed by atoms with Crippen LogP contribution in [0.3, 0.4) is 0 Å². The van der Waals surface area contributed by atoms with E-state index in [-0.39, 0.29) is 23.5 Å². The van der Waals surface area contributed by atoms with Crippen molar-refractivity contribution in [3.8, 4) is 0 Å². The molecule has 7 nitrogen and oxygen atoms in total. The first-order valence-electron chi connectivity index (χ1n) is 11.0. The van der Waals surface area contributed by atoms with Gasteiger partial charge in [-0.1, -0.05) is 19.3 Å². The van der Waals surface area contributed by atoms with Crippen LogP contribution in [-0.2, 0) is 25.2 Å². The summed E-state index contributed by atoms with van der Waals surface area (Å²) < 4.78 is 25.5. The first kappa shape index (κ1) is 26.0. The monoisotopic (exact) mass is 467 g/mol. The lowest BCUT2D eigenvalue weighted by Gasteiger charge is -2.40. The Morgan fingerprint density at radius 2 is 1.69 bits per heavy atom. The van der Waals surface area contributed by atoms with Crippen LogP contribution in [0.5, 0.6) is 0 Å². The van der Waals surface area contributed by atoms with Gasteiger partial charge in [0, 0.05) is 28.1 Å². The van der Waals surface area contributed by atoms with Crippen LogP contribution in [-0.4, -0.2) is 56.0 Å². The SMILES string of the molecule is C[C@@H](C(=O)NC1CCCCC1)N(C(=O)C[S@@](=O)CC(=O)Nc1ccc(F)cc1)C(C)(C)C. The molecular formula is C23H34FN3O4S. The van der Waals surface area contributed by atoms with Gasteiger partial charge in [-0.05, 0) is 64.8 Å². The van der Waals surface area contributed by atoms with Crippen molar-refractivity contribution in [2.24, 2.45) is 0 Å². The van der Waals surface area contributed by atoms with Gasteiger partial charge in [-0.25, -0.2) is 4.39 Å². The summed E-state index contributed by atoms with van der Waals surface area (Å²) in [6, 6.07) is 4.60. The van der Waals surface area contributed by atoms with E-state index >= 15 is 0 Å². The van der Waals surface area contributed by atoms with Crippen LogP contribution in [0.2, 0.25) is 0 Å². The predicted octanol–water partition coefficient (Wildman–Crippen LogP) is 2.98. The molecule has 2 rings (SSSR count). The second kappa shape index (κ2) is 11.5. The Kier molecular flexibility index (Phi) is 9.36. The second-order valence-corrected chi connectivity index (χ2v) is 10.7. The number of nitrogens with zero attached hydrogens (tertiary/aromatic N) is 1. The summed E-state index contributed by atoms with van der Waals surface area (Å²) in [6.07, 6.45) is 5.22. The van der Waals surface area contributed by atoms with E-state index in [0.717, 1.165) is 25.7 Å². The van der Waals surface area contributed by atoms with Gasteiger partial charge < -0.3 is 15.5 Å². The van der Waals surface area contributed by atoms with Crippen LogP contribution < -0.4 is 10.6 Å². The van der Waals surface area contributed by atoms with Crippen molar-refractivity contribution in [2.45, 2.75) is 77.4 Å². The summed E-state index contributed by atoms with van der Waals surface area (Å²) in [7, 11) is -1.76. The predicted molar refractivity (Wildman–Crippen MR) is 124 cm³/mol. The molecule has 0 saturated heterocycles. The zero-order chi connectivity index (χ0) is 23.9. The van der Waals surface area contributed by atoms with Crippen molar-refractivity contribution < 1.29 is 23.0 Å². The molecule has 0 heterocycles. The molecule has 0 bridgehead atoms. The molecule has 1 aromatic carbocycles. The van der Waals surface area contributed by atoms with Crippen molar-refractivity contribution in [3.05, 3.63) is 30.1 Å². The van der Waals surface area contributed by atoms with Crippen LogP contribution in [0.1, 0.15) is 59.8 Å². The molecule has 1 aliphatic rings. The third kappa shape index (κ3) is 8.00. The number of carbonyl (C=O) groups is 3. The second-order valence-electron chi connectivity index (χ2n) is 9.24. The minimum atomic E-state index is -1.76. The standard InChI is InChI=1S/C23H34FN3O4S/c1-16(22(30)26-18-8-6-5-7-9-18)27(23(2,3)4)21(29)15-32(31)14-20(28)25-19-12-10-17(24)11-13-19/h10-13,16,18H,5-9,14-15H2,1-4H3,(H,25,28)(H,26,30)/t16-,32-/m0/s1. The summed E-state index contributed by atoms with van der Waals surface area (Å²) >= 11 is 0. The molecule has 1 fully saturated rings. The minimum absolute atomic E-state index is 0.125. The Labute approximate surface area is 192 Å². The van der Waals surface area contributed by atoms with Crippen molar-refractivity contribution >= 4 is 34.2 Å². The maximum atomic E-state index is 13.0. The molecular weight excluding hydrogens is 433 g/mol. The fraction of sp³-hybridized carbons (Fsp3) is 0.609. The smallest absolute Gasteiger partial charge is 0.242 e. The Balaban J connectivity index is 1.95. The van der Waals surface area contributed by atoms with Crippen LogP contribution in [0.25, 0.3) is 0 Å². The topological polar surface area (TPSA) is 95.6 Å². The molecule has 9 heteroatoms. The maximum Gasteiger partial charge on any atom is 0.242 e. The third-order valence-electron chi connectivity index (χ3n) is 5.41. The summed E-state index contributed by atoms with van der Waals surface area (Å²) in [5.74, 6) is -2.37. The number of anilines is 1. The molecule has 1 aromatic rings. The van der Waals surface area contributed by atoms with Crippen LogP contribution in [0.4, 0.5) is 10.1 Å². The van der Waals surface area contributed by atoms with Gasteiger partial charge in [0.05, 0.1) is 0 Å². The minimum Gasteiger partial charge on any atom is -0.352 e.